The number of carboxylic acids is 1. The van der Waals surface area contributed by atoms with Gasteiger partial charge >= 0.3 is 5.97 Å². The highest BCUT2D eigenvalue weighted by molar-refractivity contribution is 6.31. The first-order valence-electron chi connectivity index (χ1n) is 12.6. The summed E-state index contributed by atoms with van der Waals surface area (Å²) in [6, 6.07) is 4.44. The molecule has 1 aliphatic carbocycles. The Morgan fingerprint density at radius 1 is 1.09 bits per heavy atom. The first kappa shape index (κ1) is 24.0. The molecule has 4 nitrogen and oxygen atoms in total. The highest BCUT2D eigenvalue weighted by Crippen LogP contribution is 2.33. The molecule has 178 valence electrons. The first-order valence-corrected chi connectivity index (χ1v) is 13.0. The van der Waals surface area contributed by atoms with Gasteiger partial charge < -0.3 is 10.0 Å². The van der Waals surface area contributed by atoms with E-state index < -0.39 is 5.97 Å². The molecule has 2 heterocycles. The molecule has 0 unspecified atom stereocenters. The van der Waals surface area contributed by atoms with E-state index in [2.05, 4.69) is 9.80 Å². The molecule has 0 amide bonds. The Kier molecular flexibility index (Phi) is 8.47. The number of likely N-dealkylation sites (tertiary alicyclic amines) is 2. The topological polar surface area (TPSA) is 43.8 Å². The van der Waals surface area contributed by atoms with Crippen LogP contribution in [0, 0.1) is 23.6 Å². The summed E-state index contributed by atoms with van der Waals surface area (Å²) in [5, 5.41) is 10.3. The zero-order valence-electron chi connectivity index (χ0n) is 19.2. The van der Waals surface area contributed by atoms with Crippen LogP contribution in [0.25, 0.3) is 0 Å². The molecule has 4 rings (SSSR count). The molecule has 6 heteroatoms. The Bertz CT molecular complexity index is 764. The minimum atomic E-state index is -0.625. The van der Waals surface area contributed by atoms with E-state index in [-0.39, 0.29) is 11.9 Å². The van der Waals surface area contributed by atoms with Gasteiger partial charge in [0.2, 0.25) is 0 Å². The lowest BCUT2D eigenvalue weighted by Gasteiger charge is -2.34. The Hall–Kier alpha value is -1.17. The third kappa shape index (κ3) is 6.45. The second-order valence-electron chi connectivity index (χ2n) is 10.4. The van der Waals surface area contributed by atoms with Crippen LogP contribution in [0.15, 0.2) is 18.2 Å². The third-order valence-electron chi connectivity index (χ3n) is 8.12. The van der Waals surface area contributed by atoms with E-state index in [0.717, 1.165) is 69.9 Å². The van der Waals surface area contributed by atoms with Gasteiger partial charge in [-0.3, -0.25) is 9.69 Å². The number of rotatable bonds is 10. The van der Waals surface area contributed by atoms with Crippen molar-refractivity contribution in [2.24, 2.45) is 17.8 Å². The van der Waals surface area contributed by atoms with Crippen molar-refractivity contribution in [1.82, 2.24) is 9.80 Å². The molecule has 0 aromatic heterocycles. The normalized spacial score (nSPS) is 24.5. The predicted molar refractivity (Wildman–Crippen MR) is 127 cm³/mol. The van der Waals surface area contributed by atoms with Crippen LogP contribution in [0.4, 0.5) is 4.39 Å². The monoisotopic (exact) mass is 464 g/mol. The fraction of sp³-hybridized carbons (Fsp3) is 0.731. The molecule has 3 fully saturated rings. The lowest BCUT2D eigenvalue weighted by molar-refractivity contribution is -0.144. The third-order valence-corrected chi connectivity index (χ3v) is 8.47. The van der Waals surface area contributed by atoms with Crippen LogP contribution < -0.4 is 0 Å². The van der Waals surface area contributed by atoms with Crippen LogP contribution in [0.2, 0.25) is 5.02 Å². The maximum absolute atomic E-state index is 13.2. The van der Waals surface area contributed by atoms with E-state index in [0.29, 0.717) is 16.9 Å². The summed E-state index contributed by atoms with van der Waals surface area (Å²) in [5.74, 6) is 1.11. The van der Waals surface area contributed by atoms with Gasteiger partial charge in [-0.05, 0) is 93.6 Å². The Labute approximate surface area is 197 Å². The predicted octanol–water partition coefficient (Wildman–Crippen LogP) is 5.48. The molecule has 0 spiro atoms. The maximum atomic E-state index is 13.2. The van der Waals surface area contributed by atoms with Gasteiger partial charge in [0.25, 0.3) is 0 Å². The summed E-state index contributed by atoms with van der Waals surface area (Å²) < 4.78 is 13.2. The van der Waals surface area contributed by atoms with Crippen molar-refractivity contribution < 1.29 is 14.3 Å². The van der Waals surface area contributed by atoms with Crippen LogP contribution in [0.3, 0.4) is 0 Å². The minimum absolute atomic E-state index is 0.270. The SMILES string of the molecule is O=C(O)[C@@H](CC1CCC1)N1CC[C@@H](CN2CCC(CCCc3ccc(F)cc3Cl)CC2)C1. The summed E-state index contributed by atoms with van der Waals surface area (Å²) in [5.41, 5.74) is 1.05. The average molecular weight is 465 g/mol. The van der Waals surface area contributed by atoms with Crippen molar-refractivity contribution >= 4 is 17.6 Å². The molecular formula is C26H38ClFN2O2. The van der Waals surface area contributed by atoms with E-state index >= 15 is 0 Å². The zero-order chi connectivity index (χ0) is 22.5. The number of carbonyl (C=O) groups is 1. The second kappa shape index (κ2) is 11.3. The number of piperidine rings is 1. The minimum Gasteiger partial charge on any atom is -0.480 e. The number of hydrogen-bond acceptors (Lipinski definition) is 3. The van der Waals surface area contributed by atoms with Gasteiger partial charge in [-0.25, -0.2) is 4.39 Å². The van der Waals surface area contributed by atoms with Crippen molar-refractivity contribution in [3.63, 3.8) is 0 Å². The number of benzene rings is 1. The van der Waals surface area contributed by atoms with Gasteiger partial charge in [0.1, 0.15) is 11.9 Å². The van der Waals surface area contributed by atoms with Gasteiger partial charge in [0.05, 0.1) is 0 Å². The number of aryl methyl sites for hydroxylation is 1. The molecule has 1 aromatic rings. The number of carboxylic acid groups (broad SMARTS) is 1. The molecule has 1 saturated carbocycles. The molecule has 2 aliphatic heterocycles. The molecule has 0 radical (unpaired) electrons. The summed E-state index contributed by atoms with van der Waals surface area (Å²) in [6.45, 7) is 5.31. The van der Waals surface area contributed by atoms with E-state index in [1.807, 2.05) is 6.07 Å². The Balaban J connectivity index is 1.14. The number of aliphatic carboxylic acids is 1. The van der Waals surface area contributed by atoms with E-state index in [9.17, 15) is 14.3 Å². The molecule has 1 aromatic carbocycles. The Morgan fingerprint density at radius 3 is 2.50 bits per heavy atom. The number of nitrogens with zero attached hydrogens (tertiary/aromatic N) is 2. The number of hydrogen-bond donors (Lipinski definition) is 1. The molecule has 2 atom stereocenters. The van der Waals surface area contributed by atoms with Crippen molar-refractivity contribution in [3.8, 4) is 0 Å². The second-order valence-corrected chi connectivity index (χ2v) is 10.8. The molecular weight excluding hydrogens is 427 g/mol. The Morgan fingerprint density at radius 2 is 1.84 bits per heavy atom. The largest absolute Gasteiger partial charge is 0.480 e. The van der Waals surface area contributed by atoms with Gasteiger partial charge in [-0.15, -0.1) is 0 Å². The van der Waals surface area contributed by atoms with Crippen LogP contribution >= 0.6 is 11.6 Å². The fourth-order valence-electron chi connectivity index (χ4n) is 5.87. The smallest absolute Gasteiger partial charge is 0.320 e. The molecule has 1 N–H and O–H groups in total. The van der Waals surface area contributed by atoms with Crippen LogP contribution in [-0.4, -0.2) is 59.6 Å². The van der Waals surface area contributed by atoms with Crippen molar-refractivity contribution in [3.05, 3.63) is 34.6 Å². The molecule has 3 aliphatic rings. The van der Waals surface area contributed by atoms with Crippen LogP contribution in [-0.2, 0) is 11.2 Å². The summed E-state index contributed by atoms with van der Waals surface area (Å²) >= 11 is 6.15. The maximum Gasteiger partial charge on any atom is 0.320 e. The van der Waals surface area contributed by atoms with E-state index in [4.69, 9.17) is 11.6 Å². The summed E-state index contributed by atoms with van der Waals surface area (Å²) in [7, 11) is 0. The van der Waals surface area contributed by atoms with Gasteiger partial charge in [-0.2, -0.15) is 0 Å². The molecule has 2 saturated heterocycles. The van der Waals surface area contributed by atoms with Crippen LogP contribution in [0.5, 0.6) is 0 Å². The van der Waals surface area contributed by atoms with Gasteiger partial charge in [0, 0.05) is 18.1 Å². The highest BCUT2D eigenvalue weighted by atomic mass is 35.5. The zero-order valence-corrected chi connectivity index (χ0v) is 19.9. The quantitative estimate of drug-likeness (QED) is 0.498. The van der Waals surface area contributed by atoms with Gasteiger partial charge in [0.15, 0.2) is 0 Å². The highest BCUT2D eigenvalue weighted by Gasteiger charge is 2.36. The average Bonchev–Trinajstić information content (AvgIpc) is 3.18. The standard InChI is InChI=1S/C26H38ClFN2O2/c27-24-16-23(28)8-7-22(24)6-2-3-19-9-12-29(13-10-19)17-21-11-14-30(18-21)25(26(31)32)15-20-4-1-5-20/h7-8,16,19-21,25H,1-6,9-15,17-18H2,(H,31,32)/t21-,25+/m0/s1. The lowest BCUT2D eigenvalue weighted by atomic mass is 9.80. The lowest BCUT2D eigenvalue weighted by Crippen LogP contribution is -2.43. The molecule has 32 heavy (non-hydrogen) atoms. The number of halogens is 2. The van der Waals surface area contributed by atoms with Crippen molar-refractivity contribution in [2.75, 3.05) is 32.7 Å². The van der Waals surface area contributed by atoms with Gasteiger partial charge in [-0.1, -0.05) is 43.4 Å². The van der Waals surface area contributed by atoms with Crippen molar-refractivity contribution in [1.29, 1.82) is 0 Å². The van der Waals surface area contributed by atoms with E-state index in [1.165, 1.54) is 50.7 Å². The molecule has 0 bridgehead atoms. The van der Waals surface area contributed by atoms with Crippen LogP contribution in [0.1, 0.15) is 63.4 Å². The fourth-order valence-corrected chi connectivity index (χ4v) is 6.14. The summed E-state index contributed by atoms with van der Waals surface area (Å²) in [6.07, 6.45) is 11.4. The van der Waals surface area contributed by atoms with E-state index in [1.54, 1.807) is 0 Å². The summed E-state index contributed by atoms with van der Waals surface area (Å²) in [4.78, 5) is 16.7. The van der Waals surface area contributed by atoms with Crippen molar-refractivity contribution in [2.45, 2.75) is 70.3 Å². The first-order chi connectivity index (χ1) is 15.5.